The minimum Gasteiger partial charge on any atom is -0.379 e. The highest BCUT2D eigenvalue weighted by atomic mass is 16.6. The van der Waals surface area contributed by atoms with Crippen LogP contribution in [-0.4, -0.2) is 83.5 Å². The summed E-state index contributed by atoms with van der Waals surface area (Å²) in [5.74, 6) is -0.0807. The molecule has 170 valence electrons. The molecule has 0 aliphatic rings. The molecule has 29 heavy (non-hydrogen) atoms. The third-order valence-corrected chi connectivity index (χ3v) is 3.83. The Kier molecular flexibility index (Phi) is 18.7. The van der Waals surface area contributed by atoms with Crippen LogP contribution in [0.1, 0.15) is 40.0 Å². The van der Waals surface area contributed by atoms with Crippen molar-refractivity contribution < 1.29 is 33.3 Å². The molecule has 2 N–H and O–H groups in total. The first-order valence-electron chi connectivity index (χ1n) is 10.3. The fourth-order valence-corrected chi connectivity index (χ4v) is 2.12. The van der Waals surface area contributed by atoms with Crippen LogP contribution in [0.3, 0.4) is 0 Å². The highest BCUT2D eigenvalue weighted by Crippen LogP contribution is 1.98. The Morgan fingerprint density at radius 3 is 1.79 bits per heavy atom. The molecule has 0 bridgehead atoms. The SMILES string of the molecule is CCCC(=O)NCCOCCOCCOCCOCCC(=O)NC(C=O)C(C)C. The van der Waals surface area contributed by atoms with Crippen molar-refractivity contribution >= 4 is 18.1 Å². The van der Waals surface area contributed by atoms with Gasteiger partial charge in [-0.2, -0.15) is 0 Å². The van der Waals surface area contributed by atoms with E-state index in [0.29, 0.717) is 59.2 Å². The zero-order valence-corrected chi connectivity index (χ0v) is 18.1. The summed E-state index contributed by atoms with van der Waals surface area (Å²) in [7, 11) is 0. The van der Waals surface area contributed by atoms with Crippen LogP contribution in [0.25, 0.3) is 0 Å². The van der Waals surface area contributed by atoms with Gasteiger partial charge >= 0.3 is 0 Å². The highest BCUT2D eigenvalue weighted by molar-refractivity contribution is 5.79. The van der Waals surface area contributed by atoms with Gasteiger partial charge in [-0.05, 0) is 12.3 Å². The number of aldehydes is 1. The highest BCUT2D eigenvalue weighted by Gasteiger charge is 2.14. The van der Waals surface area contributed by atoms with Gasteiger partial charge in [0.2, 0.25) is 11.8 Å². The van der Waals surface area contributed by atoms with Crippen LogP contribution in [0.5, 0.6) is 0 Å². The number of rotatable bonds is 20. The van der Waals surface area contributed by atoms with Crippen molar-refractivity contribution in [2.75, 3.05) is 59.4 Å². The van der Waals surface area contributed by atoms with E-state index in [1.54, 1.807) is 0 Å². The summed E-state index contributed by atoms with van der Waals surface area (Å²) in [5, 5.41) is 5.43. The molecule has 9 heteroatoms. The Bertz CT molecular complexity index is 433. The molecule has 0 aromatic heterocycles. The zero-order valence-electron chi connectivity index (χ0n) is 18.1. The molecule has 0 aliphatic heterocycles. The van der Waals surface area contributed by atoms with E-state index in [9.17, 15) is 14.4 Å². The van der Waals surface area contributed by atoms with Crippen LogP contribution < -0.4 is 10.6 Å². The molecule has 0 radical (unpaired) electrons. The molecular formula is C20H38N2O7. The van der Waals surface area contributed by atoms with Crippen LogP contribution >= 0.6 is 0 Å². The molecule has 0 aliphatic carbocycles. The Labute approximate surface area is 174 Å². The van der Waals surface area contributed by atoms with Crippen LogP contribution in [-0.2, 0) is 33.3 Å². The smallest absolute Gasteiger partial charge is 0.222 e. The van der Waals surface area contributed by atoms with E-state index in [2.05, 4.69) is 10.6 Å². The fraction of sp³-hybridized carbons (Fsp3) is 0.850. The van der Waals surface area contributed by atoms with E-state index in [1.165, 1.54) is 0 Å². The largest absolute Gasteiger partial charge is 0.379 e. The molecule has 0 rings (SSSR count). The van der Waals surface area contributed by atoms with Gasteiger partial charge < -0.3 is 34.4 Å². The van der Waals surface area contributed by atoms with E-state index in [4.69, 9.17) is 18.9 Å². The normalized spacial score (nSPS) is 12.0. The molecule has 0 saturated heterocycles. The van der Waals surface area contributed by atoms with Crippen LogP contribution in [0, 0.1) is 5.92 Å². The van der Waals surface area contributed by atoms with E-state index in [-0.39, 0.29) is 30.8 Å². The first-order valence-corrected chi connectivity index (χ1v) is 10.3. The number of amides is 2. The minimum atomic E-state index is -0.456. The maximum atomic E-state index is 11.7. The van der Waals surface area contributed by atoms with Crippen molar-refractivity contribution in [3.63, 3.8) is 0 Å². The summed E-state index contributed by atoms with van der Waals surface area (Å²) >= 11 is 0. The molecule has 0 aromatic carbocycles. The van der Waals surface area contributed by atoms with Crippen molar-refractivity contribution in [1.29, 1.82) is 0 Å². The minimum absolute atomic E-state index is 0.0504. The van der Waals surface area contributed by atoms with Crippen LogP contribution in [0.15, 0.2) is 0 Å². The monoisotopic (exact) mass is 418 g/mol. The van der Waals surface area contributed by atoms with Gasteiger partial charge in [0.15, 0.2) is 0 Å². The lowest BCUT2D eigenvalue weighted by atomic mass is 10.1. The zero-order chi connectivity index (χ0) is 21.7. The van der Waals surface area contributed by atoms with Gasteiger partial charge in [0.25, 0.3) is 0 Å². The van der Waals surface area contributed by atoms with E-state index in [1.807, 2.05) is 20.8 Å². The summed E-state index contributed by atoms with van der Waals surface area (Å²) in [6.07, 6.45) is 2.35. The summed E-state index contributed by atoms with van der Waals surface area (Å²) in [6, 6.07) is -0.456. The first-order chi connectivity index (χ1) is 14.0. The second kappa shape index (κ2) is 19.8. The quantitative estimate of drug-likeness (QED) is 0.221. The predicted molar refractivity (Wildman–Crippen MR) is 109 cm³/mol. The molecule has 0 spiro atoms. The third-order valence-electron chi connectivity index (χ3n) is 3.83. The number of hydrogen-bond donors (Lipinski definition) is 2. The molecule has 0 heterocycles. The second-order valence-electron chi connectivity index (χ2n) is 6.77. The molecule has 0 fully saturated rings. The molecule has 1 atom stereocenters. The Hall–Kier alpha value is -1.55. The lowest BCUT2D eigenvalue weighted by Gasteiger charge is -2.16. The van der Waals surface area contributed by atoms with Crippen LogP contribution in [0.4, 0.5) is 0 Å². The van der Waals surface area contributed by atoms with Crippen molar-refractivity contribution in [2.45, 2.75) is 46.1 Å². The van der Waals surface area contributed by atoms with Gasteiger partial charge in [0.05, 0.1) is 58.9 Å². The van der Waals surface area contributed by atoms with E-state index >= 15 is 0 Å². The molecule has 0 aromatic rings. The average molecular weight is 419 g/mol. The van der Waals surface area contributed by atoms with Gasteiger partial charge in [-0.15, -0.1) is 0 Å². The number of nitrogens with one attached hydrogen (secondary N) is 2. The van der Waals surface area contributed by atoms with Gasteiger partial charge in [-0.25, -0.2) is 0 Å². The summed E-state index contributed by atoms with van der Waals surface area (Å²) in [4.78, 5) is 33.7. The molecule has 2 amide bonds. The first kappa shape index (κ1) is 27.5. The maximum Gasteiger partial charge on any atom is 0.222 e. The summed E-state index contributed by atoms with van der Waals surface area (Å²) in [5.41, 5.74) is 0. The number of hydrogen-bond acceptors (Lipinski definition) is 7. The number of ether oxygens (including phenoxy) is 4. The van der Waals surface area contributed by atoms with Gasteiger partial charge in [-0.1, -0.05) is 20.8 Å². The summed E-state index contributed by atoms with van der Waals surface area (Å²) < 4.78 is 21.4. The van der Waals surface area contributed by atoms with Crippen molar-refractivity contribution in [3.05, 3.63) is 0 Å². The molecule has 9 nitrogen and oxygen atoms in total. The van der Waals surface area contributed by atoms with Gasteiger partial charge in [0, 0.05) is 19.4 Å². The van der Waals surface area contributed by atoms with Crippen LogP contribution in [0.2, 0.25) is 0 Å². The molecule has 0 saturated carbocycles. The Balaban J connectivity index is 3.29. The lowest BCUT2D eigenvalue weighted by molar-refractivity contribution is -0.125. The Morgan fingerprint density at radius 2 is 1.31 bits per heavy atom. The maximum absolute atomic E-state index is 11.7. The van der Waals surface area contributed by atoms with E-state index < -0.39 is 6.04 Å². The second-order valence-corrected chi connectivity index (χ2v) is 6.77. The van der Waals surface area contributed by atoms with Gasteiger partial charge in [0.1, 0.15) is 6.29 Å². The number of carbonyl (C=O) groups is 3. The summed E-state index contributed by atoms with van der Waals surface area (Å²) in [6.45, 7) is 9.64. The van der Waals surface area contributed by atoms with Crippen molar-refractivity contribution in [1.82, 2.24) is 10.6 Å². The molecule has 1 unspecified atom stereocenters. The van der Waals surface area contributed by atoms with Crippen molar-refractivity contribution in [2.24, 2.45) is 5.92 Å². The molecular weight excluding hydrogens is 380 g/mol. The topological polar surface area (TPSA) is 112 Å². The fourth-order valence-electron chi connectivity index (χ4n) is 2.12. The Morgan fingerprint density at radius 1 is 0.793 bits per heavy atom. The van der Waals surface area contributed by atoms with Gasteiger partial charge in [-0.3, -0.25) is 9.59 Å². The standard InChI is InChI=1S/C20H38N2O7/c1-4-5-19(24)21-7-9-27-11-13-29-15-14-28-12-10-26-8-6-20(25)22-18(16-23)17(2)3/h16-18H,4-15H2,1-3H3,(H,21,24)(H,22,25). The number of carbonyl (C=O) groups excluding carboxylic acids is 3. The average Bonchev–Trinajstić information content (AvgIpc) is 2.69. The van der Waals surface area contributed by atoms with Crippen molar-refractivity contribution in [3.8, 4) is 0 Å². The lowest BCUT2D eigenvalue weighted by Crippen LogP contribution is -2.40. The third kappa shape index (κ3) is 18.2. The van der Waals surface area contributed by atoms with E-state index in [0.717, 1.165) is 12.7 Å². The predicted octanol–water partition coefficient (Wildman–Crippen LogP) is 0.699.